The fourth-order valence-corrected chi connectivity index (χ4v) is 4.94. The first-order valence-electron chi connectivity index (χ1n) is 11.2. The number of aromatic nitrogens is 1. The van der Waals surface area contributed by atoms with E-state index in [0.717, 1.165) is 16.8 Å². The summed E-state index contributed by atoms with van der Waals surface area (Å²) < 4.78 is 5.75. The average Bonchev–Trinajstić information content (AvgIpc) is 3.18. The van der Waals surface area contributed by atoms with Gasteiger partial charge in [-0.05, 0) is 62.4 Å². The van der Waals surface area contributed by atoms with Crippen LogP contribution in [-0.4, -0.2) is 32.5 Å². The van der Waals surface area contributed by atoms with Gasteiger partial charge in [-0.15, -0.1) is 0 Å². The lowest BCUT2D eigenvalue weighted by atomic mass is 9.93. The van der Waals surface area contributed by atoms with Crippen molar-refractivity contribution in [1.29, 1.82) is 0 Å². The van der Waals surface area contributed by atoms with Gasteiger partial charge in [0.2, 0.25) is 5.91 Å². The Kier molecular flexibility index (Phi) is 7.33. The second kappa shape index (κ2) is 10.3. The Balaban J connectivity index is 1.62. The number of nitrogens with zero attached hydrogens (tertiary/aromatic N) is 3. The number of allylic oxidation sites excluding steroid dienone is 1. The van der Waals surface area contributed by atoms with Crippen LogP contribution in [-0.2, 0) is 20.9 Å². The largest absolute Gasteiger partial charge is 0.456 e. The van der Waals surface area contributed by atoms with E-state index in [2.05, 4.69) is 15.3 Å². The molecule has 0 bridgehead atoms. The Morgan fingerprint density at radius 2 is 1.94 bits per heavy atom. The van der Waals surface area contributed by atoms with Crippen LogP contribution in [0.1, 0.15) is 51.3 Å². The molecule has 0 unspecified atom stereocenters. The van der Waals surface area contributed by atoms with Crippen molar-refractivity contribution in [3.8, 4) is 0 Å². The topological polar surface area (TPSA) is 83.9 Å². The van der Waals surface area contributed by atoms with Crippen LogP contribution in [0.3, 0.4) is 0 Å². The Hall–Kier alpha value is -3.10. The number of ether oxygens (including phenoxy) is 1. The lowest BCUT2D eigenvalue weighted by Gasteiger charge is -2.37. The van der Waals surface area contributed by atoms with E-state index in [1.165, 1.54) is 11.8 Å². The molecule has 0 aliphatic carbocycles. The first-order chi connectivity index (χ1) is 16.6. The molecule has 1 amide bonds. The first-order valence-corrected chi connectivity index (χ1v) is 12.5. The maximum atomic E-state index is 13.3. The molecule has 7 nitrogen and oxygen atoms in total. The molecule has 4 rings (SSSR count). The van der Waals surface area contributed by atoms with E-state index in [9.17, 15) is 9.59 Å². The Morgan fingerprint density at radius 1 is 1.20 bits per heavy atom. The smallest absolute Gasteiger partial charge is 0.338 e. The molecule has 0 radical (unpaired) electrons. The minimum absolute atomic E-state index is 0.136. The lowest BCUT2D eigenvalue weighted by Crippen LogP contribution is -2.39. The average molecular weight is 511 g/mol. The number of fused-ring (bicyclic) bond motifs is 1. The number of carbonyl (C=O) groups excluding carboxylic acids is 2. The van der Waals surface area contributed by atoms with Crippen LogP contribution in [0.5, 0.6) is 0 Å². The molecule has 2 aromatic rings. The third-order valence-corrected chi connectivity index (χ3v) is 6.50. The fraction of sp³-hybridized carbons (Fsp3) is 0.308. The predicted molar refractivity (Wildman–Crippen MR) is 138 cm³/mol. The fourth-order valence-electron chi connectivity index (χ4n) is 3.85. The Bertz CT molecular complexity index is 1220. The molecular weight excluding hydrogens is 484 g/mol. The number of aliphatic imine (C=N–C) groups is 1. The van der Waals surface area contributed by atoms with Crippen molar-refractivity contribution in [2.75, 3.05) is 0 Å². The second-order valence-electron chi connectivity index (χ2n) is 9.26. The zero-order valence-electron chi connectivity index (χ0n) is 20.0. The van der Waals surface area contributed by atoms with Gasteiger partial charge in [-0.3, -0.25) is 9.78 Å². The third kappa shape index (κ3) is 5.94. The van der Waals surface area contributed by atoms with E-state index in [4.69, 9.17) is 16.3 Å². The van der Waals surface area contributed by atoms with Crippen molar-refractivity contribution in [1.82, 2.24) is 15.2 Å². The Morgan fingerprint density at radius 3 is 2.60 bits per heavy atom. The molecule has 2 aliphatic rings. The maximum Gasteiger partial charge on any atom is 0.338 e. The van der Waals surface area contributed by atoms with E-state index >= 15 is 0 Å². The van der Waals surface area contributed by atoms with Crippen molar-refractivity contribution in [3.05, 3.63) is 87.3 Å². The summed E-state index contributed by atoms with van der Waals surface area (Å²) in [5.74, 6) is -0.572. The number of hydrogen-bond donors (Lipinski definition) is 1. The molecule has 1 aromatic carbocycles. The predicted octanol–water partition coefficient (Wildman–Crippen LogP) is 5.36. The third-order valence-electron chi connectivity index (χ3n) is 5.36. The van der Waals surface area contributed by atoms with E-state index in [1.54, 1.807) is 24.5 Å². The molecule has 0 saturated carbocycles. The van der Waals surface area contributed by atoms with Gasteiger partial charge in [0.1, 0.15) is 5.60 Å². The minimum atomic E-state index is -0.663. The number of esters is 1. The lowest BCUT2D eigenvalue weighted by molar-refractivity contribution is -0.150. The Labute approximate surface area is 214 Å². The van der Waals surface area contributed by atoms with Gasteiger partial charge in [0.05, 0.1) is 23.7 Å². The van der Waals surface area contributed by atoms with Gasteiger partial charge in [-0.1, -0.05) is 41.6 Å². The van der Waals surface area contributed by atoms with Crippen LogP contribution >= 0.6 is 23.4 Å². The van der Waals surface area contributed by atoms with Gasteiger partial charge < -0.3 is 15.0 Å². The molecular formula is C26H27ClN4O3S. The highest BCUT2D eigenvalue weighted by molar-refractivity contribution is 8.16. The molecule has 9 heteroatoms. The van der Waals surface area contributed by atoms with Gasteiger partial charge in [0.15, 0.2) is 5.17 Å². The SMILES string of the molecule is CC1=C(C(=O)OC(C)(C)C)[C@@H](c2ccc(Cl)cc2)N2C(CC(=O)NCc3cccnc3)=CSC2=N1. The summed E-state index contributed by atoms with van der Waals surface area (Å²) in [6.07, 6.45) is 3.55. The van der Waals surface area contributed by atoms with Gasteiger partial charge in [-0.2, -0.15) is 0 Å². The van der Waals surface area contributed by atoms with Crippen molar-refractivity contribution < 1.29 is 14.3 Å². The molecule has 35 heavy (non-hydrogen) atoms. The molecule has 0 spiro atoms. The van der Waals surface area contributed by atoms with Gasteiger partial charge in [0, 0.05) is 29.7 Å². The van der Waals surface area contributed by atoms with Crippen molar-refractivity contribution in [2.45, 2.75) is 52.3 Å². The number of hydrogen-bond acceptors (Lipinski definition) is 7. The molecule has 182 valence electrons. The zero-order valence-corrected chi connectivity index (χ0v) is 21.6. The number of amides is 1. The van der Waals surface area contributed by atoms with E-state index in [-0.39, 0.29) is 12.3 Å². The highest BCUT2D eigenvalue weighted by Crippen LogP contribution is 2.45. The van der Waals surface area contributed by atoms with Gasteiger partial charge in [0.25, 0.3) is 0 Å². The number of carbonyl (C=O) groups is 2. The summed E-state index contributed by atoms with van der Waals surface area (Å²) in [5.41, 5.74) is 2.89. The van der Waals surface area contributed by atoms with Gasteiger partial charge >= 0.3 is 5.97 Å². The normalized spacial score (nSPS) is 17.5. The monoisotopic (exact) mass is 510 g/mol. The number of amidine groups is 1. The molecule has 1 N–H and O–H groups in total. The quantitative estimate of drug-likeness (QED) is 0.527. The summed E-state index contributed by atoms with van der Waals surface area (Å²) in [4.78, 5) is 36.9. The number of pyridine rings is 1. The highest BCUT2D eigenvalue weighted by atomic mass is 35.5. The number of benzene rings is 1. The van der Waals surface area contributed by atoms with Crippen LogP contribution < -0.4 is 5.32 Å². The van der Waals surface area contributed by atoms with Crippen LogP contribution in [0.25, 0.3) is 0 Å². The number of rotatable bonds is 6. The first kappa shape index (κ1) is 25.0. The van der Waals surface area contributed by atoms with Gasteiger partial charge in [-0.25, -0.2) is 9.79 Å². The molecule has 0 saturated heterocycles. The summed E-state index contributed by atoms with van der Waals surface area (Å²) in [5, 5.41) is 6.16. The maximum absolute atomic E-state index is 13.3. The van der Waals surface area contributed by atoms with Crippen molar-refractivity contribution in [2.24, 2.45) is 4.99 Å². The molecule has 0 fully saturated rings. The number of halogens is 1. The standard InChI is InChI=1S/C26H27ClN4O3S/c1-16-22(24(33)34-26(2,3)4)23(18-7-9-19(27)10-8-18)31-20(15-35-25(31)30-16)12-21(32)29-14-17-6-5-11-28-13-17/h5-11,13,15,23H,12,14H2,1-4H3,(H,29,32)/t23-/m1/s1. The van der Waals surface area contributed by atoms with Crippen LogP contribution in [0, 0.1) is 0 Å². The summed E-state index contributed by atoms with van der Waals surface area (Å²) in [7, 11) is 0. The summed E-state index contributed by atoms with van der Waals surface area (Å²) >= 11 is 7.58. The van der Waals surface area contributed by atoms with E-state index in [0.29, 0.717) is 28.0 Å². The molecule has 1 aromatic heterocycles. The zero-order chi connectivity index (χ0) is 25.2. The summed E-state index contributed by atoms with van der Waals surface area (Å²) in [6, 6.07) is 10.6. The number of thioether (sulfide) groups is 1. The minimum Gasteiger partial charge on any atom is -0.456 e. The van der Waals surface area contributed by atoms with Crippen LogP contribution in [0.15, 0.2) is 76.2 Å². The molecule has 2 aliphatic heterocycles. The summed E-state index contributed by atoms with van der Waals surface area (Å²) in [6.45, 7) is 7.69. The second-order valence-corrected chi connectivity index (χ2v) is 10.5. The van der Waals surface area contributed by atoms with E-state index < -0.39 is 17.6 Å². The van der Waals surface area contributed by atoms with Crippen LogP contribution in [0.2, 0.25) is 5.02 Å². The van der Waals surface area contributed by atoms with Crippen LogP contribution in [0.4, 0.5) is 0 Å². The van der Waals surface area contributed by atoms with E-state index in [1.807, 2.05) is 62.3 Å². The highest BCUT2D eigenvalue weighted by Gasteiger charge is 2.41. The molecule has 1 atom stereocenters. The number of nitrogens with one attached hydrogen (secondary N) is 1. The molecule has 3 heterocycles. The van der Waals surface area contributed by atoms with Crippen molar-refractivity contribution in [3.63, 3.8) is 0 Å². The van der Waals surface area contributed by atoms with Crippen molar-refractivity contribution >= 4 is 40.4 Å².